The summed E-state index contributed by atoms with van der Waals surface area (Å²) in [4.78, 5) is 11.6. The van der Waals surface area contributed by atoms with Crippen molar-refractivity contribution in [2.45, 2.75) is 45.3 Å². The third-order valence-corrected chi connectivity index (χ3v) is 6.64. The molecule has 0 saturated carbocycles. The van der Waals surface area contributed by atoms with Crippen LogP contribution >= 0.6 is 15.9 Å². The Labute approximate surface area is 204 Å². The van der Waals surface area contributed by atoms with Crippen molar-refractivity contribution in [3.05, 3.63) is 98.5 Å². The van der Waals surface area contributed by atoms with Gasteiger partial charge in [0.1, 0.15) is 12.4 Å². The third-order valence-electron chi connectivity index (χ3n) is 6.11. The second-order valence-electron chi connectivity index (χ2n) is 8.47. The van der Waals surface area contributed by atoms with E-state index in [1.807, 2.05) is 24.3 Å². The van der Waals surface area contributed by atoms with Gasteiger partial charge in [0.25, 0.3) is 0 Å². The van der Waals surface area contributed by atoms with E-state index >= 15 is 0 Å². The molecule has 3 aromatic rings. The molecule has 0 atom stereocenters. The standard InChI is InChI=1S/C28H30BrNO3/c1-32-28(31)22-10-6-20(7-11-22)18-30-15-14-25-16-23-4-2-3-5-24(23)17-27(25)33-19-21-8-12-26(29)13-9-21/h6-13,16-17,30H,2-5,14-15,18-19H2,1H3. The number of hydrogen-bond acceptors (Lipinski definition) is 4. The maximum Gasteiger partial charge on any atom is 0.337 e. The zero-order valence-electron chi connectivity index (χ0n) is 19.0. The van der Waals surface area contributed by atoms with Crippen molar-refractivity contribution in [1.82, 2.24) is 5.32 Å². The van der Waals surface area contributed by atoms with Gasteiger partial charge in [0.05, 0.1) is 12.7 Å². The van der Waals surface area contributed by atoms with E-state index in [4.69, 9.17) is 9.47 Å². The van der Waals surface area contributed by atoms with Crippen molar-refractivity contribution < 1.29 is 14.3 Å². The Kier molecular flexibility index (Phi) is 8.19. The van der Waals surface area contributed by atoms with Gasteiger partial charge in [0.2, 0.25) is 0 Å². The van der Waals surface area contributed by atoms with E-state index in [-0.39, 0.29) is 5.97 Å². The summed E-state index contributed by atoms with van der Waals surface area (Å²) in [6.07, 6.45) is 5.74. The Morgan fingerprint density at radius 1 is 0.939 bits per heavy atom. The predicted octanol–water partition coefficient (Wildman–Crippen LogP) is 6.03. The molecular weight excluding hydrogens is 478 g/mol. The lowest BCUT2D eigenvalue weighted by molar-refractivity contribution is 0.0600. The van der Waals surface area contributed by atoms with Crippen LogP contribution in [-0.4, -0.2) is 19.6 Å². The fourth-order valence-corrected chi connectivity index (χ4v) is 4.48. The summed E-state index contributed by atoms with van der Waals surface area (Å²) in [5.74, 6) is 0.695. The highest BCUT2D eigenvalue weighted by Gasteiger charge is 2.14. The molecule has 33 heavy (non-hydrogen) atoms. The van der Waals surface area contributed by atoms with Crippen molar-refractivity contribution in [2.24, 2.45) is 0 Å². The van der Waals surface area contributed by atoms with Crippen molar-refractivity contribution in [2.75, 3.05) is 13.7 Å². The summed E-state index contributed by atoms with van der Waals surface area (Å²) in [5, 5.41) is 3.52. The maximum absolute atomic E-state index is 11.6. The van der Waals surface area contributed by atoms with E-state index in [9.17, 15) is 4.79 Å². The fraction of sp³-hybridized carbons (Fsp3) is 0.321. The van der Waals surface area contributed by atoms with Crippen LogP contribution in [0.1, 0.15) is 51.0 Å². The summed E-state index contributed by atoms with van der Waals surface area (Å²) in [7, 11) is 1.40. The van der Waals surface area contributed by atoms with Crippen LogP contribution < -0.4 is 10.1 Å². The van der Waals surface area contributed by atoms with Gasteiger partial charge in [0, 0.05) is 11.0 Å². The first kappa shape index (κ1) is 23.5. The number of methoxy groups -OCH3 is 1. The molecule has 172 valence electrons. The van der Waals surface area contributed by atoms with Gasteiger partial charge in [-0.25, -0.2) is 4.79 Å². The number of aryl methyl sites for hydroxylation is 2. The lowest BCUT2D eigenvalue weighted by Crippen LogP contribution is -2.17. The molecule has 0 bridgehead atoms. The van der Waals surface area contributed by atoms with Crippen molar-refractivity contribution >= 4 is 21.9 Å². The van der Waals surface area contributed by atoms with Gasteiger partial charge >= 0.3 is 5.97 Å². The van der Waals surface area contributed by atoms with Crippen LogP contribution in [0.4, 0.5) is 0 Å². The normalized spacial score (nSPS) is 12.8. The Hall–Kier alpha value is -2.63. The number of benzene rings is 3. The summed E-state index contributed by atoms with van der Waals surface area (Å²) >= 11 is 3.49. The molecule has 0 aromatic heterocycles. The molecule has 4 rings (SSSR count). The minimum atomic E-state index is -0.308. The average molecular weight is 508 g/mol. The van der Waals surface area contributed by atoms with Crippen LogP contribution in [-0.2, 0) is 37.2 Å². The molecule has 0 heterocycles. The first-order valence-electron chi connectivity index (χ1n) is 11.5. The van der Waals surface area contributed by atoms with E-state index in [0.717, 1.165) is 53.7 Å². The maximum atomic E-state index is 11.6. The summed E-state index contributed by atoms with van der Waals surface area (Å²) in [6.45, 7) is 2.17. The van der Waals surface area contributed by atoms with E-state index in [0.29, 0.717) is 12.2 Å². The van der Waals surface area contributed by atoms with E-state index in [1.165, 1.54) is 36.6 Å². The number of rotatable bonds is 9. The van der Waals surface area contributed by atoms with Gasteiger partial charge in [-0.1, -0.05) is 46.3 Å². The first-order chi connectivity index (χ1) is 16.1. The van der Waals surface area contributed by atoms with E-state index in [1.54, 1.807) is 12.1 Å². The van der Waals surface area contributed by atoms with Crippen LogP contribution in [0.2, 0.25) is 0 Å². The minimum Gasteiger partial charge on any atom is -0.489 e. The second kappa shape index (κ2) is 11.5. The molecule has 0 aliphatic heterocycles. The molecule has 0 radical (unpaired) electrons. The highest BCUT2D eigenvalue weighted by Crippen LogP contribution is 2.30. The number of hydrogen-bond donors (Lipinski definition) is 1. The molecule has 1 aliphatic rings. The Bertz CT molecular complexity index is 1080. The van der Waals surface area contributed by atoms with Gasteiger partial charge in [-0.2, -0.15) is 0 Å². The smallest absolute Gasteiger partial charge is 0.337 e. The Balaban J connectivity index is 1.38. The van der Waals surface area contributed by atoms with Crippen LogP contribution in [0.25, 0.3) is 0 Å². The Morgan fingerprint density at radius 3 is 2.30 bits per heavy atom. The first-order valence-corrected chi connectivity index (χ1v) is 12.3. The molecule has 3 aromatic carbocycles. The lowest BCUT2D eigenvalue weighted by atomic mass is 9.89. The molecule has 5 heteroatoms. The van der Waals surface area contributed by atoms with Crippen molar-refractivity contribution in [3.63, 3.8) is 0 Å². The molecule has 0 saturated heterocycles. The van der Waals surface area contributed by atoms with Gasteiger partial charge in [-0.3, -0.25) is 0 Å². The van der Waals surface area contributed by atoms with Gasteiger partial charge in [0.15, 0.2) is 0 Å². The number of carbonyl (C=O) groups is 1. The molecule has 0 unspecified atom stereocenters. The molecule has 0 amide bonds. The highest BCUT2D eigenvalue weighted by atomic mass is 79.9. The van der Waals surface area contributed by atoms with Gasteiger partial charge in [-0.05, 0) is 96.8 Å². The summed E-state index contributed by atoms with van der Waals surface area (Å²) in [6, 6.07) is 20.5. The van der Waals surface area contributed by atoms with E-state index < -0.39 is 0 Å². The SMILES string of the molecule is COC(=O)c1ccc(CNCCc2cc3c(cc2OCc2ccc(Br)cc2)CCCC3)cc1. The highest BCUT2D eigenvalue weighted by molar-refractivity contribution is 9.10. The summed E-state index contributed by atoms with van der Waals surface area (Å²) < 4.78 is 12.1. The van der Waals surface area contributed by atoms with Crippen LogP contribution in [0.15, 0.2) is 65.1 Å². The topological polar surface area (TPSA) is 47.6 Å². The van der Waals surface area contributed by atoms with Crippen LogP contribution in [0.5, 0.6) is 5.75 Å². The number of halogens is 1. The third kappa shape index (κ3) is 6.46. The molecule has 1 aliphatic carbocycles. The Morgan fingerprint density at radius 2 is 1.61 bits per heavy atom. The predicted molar refractivity (Wildman–Crippen MR) is 135 cm³/mol. The van der Waals surface area contributed by atoms with Crippen molar-refractivity contribution in [1.29, 1.82) is 0 Å². The zero-order chi connectivity index (χ0) is 23.0. The number of esters is 1. The van der Waals surface area contributed by atoms with Crippen molar-refractivity contribution in [3.8, 4) is 5.75 Å². The fourth-order valence-electron chi connectivity index (χ4n) is 4.22. The minimum absolute atomic E-state index is 0.308. The monoisotopic (exact) mass is 507 g/mol. The van der Waals surface area contributed by atoms with E-state index in [2.05, 4.69) is 45.5 Å². The molecule has 1 N–H and O–H groups in total. The van der Waals surface area contributed by atoms with Gasteiger partial charge in [-0.15, -0.1) is 0 Å². The second-order valence-corrected chi connectivity index (χ2v) is 9.38. The largest absolute Gasteiger partial charge is 0.489 e. The average Bonchev–Trinajstić information content (AvgIpc) is 2.86. The van der Waals surface area contributed by atoms with Crippen LogP contribution in [0, 0.1) is 0 Å². The number of ether oxygens (including phenoxy) is 2. The lowest BCUT2D eigenvalue weighted by Gasteiger charge is -2.20. The van der Waals surface area contributed by atoms with Gasteiger partial charge < -0.3 is 14.8 Å². The number of fused-ring (bicyclic) bond motifs is 1. The summed E-state index contributed by atoms with van der Waals surface area (Å²) in [5.41, 5.74) is 7.06. The molecule has 0 fully saturated rings. The zero-order valence-corrected chi connectivity index (χ0v) is 20.6. The quantitative estimate of drug-likeness (QED) is 0.284. The molecule has 0 spiro atoms. The molecule has 4 nitrogen and oxygen atoms in total. The van der Waals surface area contributed by atoms with Crippen LogP contribution in [0.3, 0.4) is 0 Å². The number of nitrogens with one attached hydrogen (secondary N) is 1. The number of carbonyl (C=O) groups excluding carboxylic acids is 1. The molecular formula is C28H30BrNO3.